The molecule has 1 aromatic carbocycles. The number of nitrogens with zero attached hydrogens (tertiary/aromatic N) is 5. The Bertz CT molecular complexity index is 1500. The van der Waals surface area contributed by atoms with Gasteiger partial charge in [0.15, 0.2) is 0 Å². The van der Waals surface area contributed by atoms with Crippen molar-refractivity contribution in [2.75, 3.05) is 12.3 Å². The number of benzene rings is 1. The molecule has 0 bridgehead atoms. The minimum atomic E-state index is -4.80. The molecule has 2 aliphatic rings. The Morgan fingerprint density at radius 3 is 2.86 bits per heavy atom. The normalized spacial score (nSPS) is 19.5. The fourth-order valence-electron chi connectivity index (χ4n) is 5.03. The van der Waals surface area contributed by atoms with Gasteiger partial charge in [-0.3, -0.25) is 9.48 Å². The quantitative estimate of drug-likeness (QED) is 0.462. The van der Waals surface area contributed by atoms with Crippen molar-refractivity contribution in [3.05, 3.63) is 47.9 Å². The molecule has 12 heteroatoms. The number of carbonyl (C=O) groups is 1. The van der Waals surface area contributed by atoms with Gasteiger partial charge in [0.05, 0.1) is 34.9 Å². The van der Waals surface area contributed by atoms with Gasteiger partial charge < -0.3 is 20.1 Å². The molecule has 9 nitrogen and oxygen atoms in total. The molecule has 2 atom stereocenters. The second-order valence-corrected chi connectivity index (χ2v) is 8.60. The molecule has 2 aliphatic heterocycles. The van der Waals surface area contributed by atoms with Gasteiger partial charge >= 0.3 is 6.36 Å². The summed E-state index contributed by atoms with van der Waals surface area (Å²) in [7, 11) is 1.78. The topological polar surface area (TPSA) is 108 Å². The number of likely N-dealkylation sites (tertiary alicyclic amines) is 1. The lowest BCUT2D eigenvalue weighted by Crippen LogP contribution is -2.44. The predicted octanol–water partition coefficient (Wildman–Crippen LogP) is 3.74. The van der Waals surface area contributed by atoms with Gasteiger partial charge in [0.25, 0.3) is 5.91 Å². The summed E-state index contributed by atoms with van der Waals surface area (Å²) in [5.74, 6) is -0.0603. The van der Waals surface area contributed by atoms with Crippen molar-refractivity contribution in [2.45, 2.75) is 31.3 Å². The molecule has 2 N–H and O–H groups in total. The number of rotatable bonds is 2. The highest BCUT2D eigenvalue weighted by atomic mass is 19.4. The van der Waals surface area contributed by atoms with Crippen molar-refractivity contribution in [1.29, 1.82) is 0 Å². The van der Waals surface area contributed by atoms with Gasteiger partial charge in [-0.2, -0.15) is 5.10 Å². The average Bonchev–Trinajstić information content (AvgIpc) is 3.38. The van der Waals surface area contributed by atoms with Crippen LogP contribution < -0.4 is 15.2 Å². The fraction of sp³-hybridized carbons (Fsp3) is 0.304. The van der Waals surface area contributed by atoms with Crippen molar-refractivity contribution < 1.29 is 27.4 Å². The SMILES string of the molecule is Cn1ncc2c(N)nc3cnc(C(=O)N4CCC[C@@H]5Oc6cc(OC(F)(F)F)ccc6[C@@H]54)cc3c21. The molecule has 6 rings (SSSR count). The van der Waals surface area contributed by atoms with E-state index in [9.17, 15) is 18.0 Å². The number of alkyl halides is 3. The number of carbonyl (C=O) groups excluding carboxylic acids is 1. The van der Waals surface area contributed by atoms with Crippen LogP contribution in [-0.4, -0.2) is 49.6 Å². The van der Waals surface area contributed by atoms with E-state index in [1.807, 2.05) is 0 Å². The third-order valence-corrected chi connectivity index (χ3v) is 6.46. The average molecular weight is 484 g/mol. The van der Waals surface area contributed by atoms with Crippen LogP contribution in [0.25, 0.3) is 21.8 Å². The number of aryl methyl sites for hydroxylation is 1. The van der Waals surface area contributed by atoms with Crippen LogP contribution in [-0.2, 0) is 7.05 Å². The first-order valence-corrected chi connectivity index (χ1v) is 10.9. The van der Waals surface area contributed by atoms with E-state index in [2.05, 4.69) is 19.8 Å². The highest BCUT2D eigenvalue weighted by molar-refractivity contribution is 6.09. The Balaban J connectivity index is 1.38. The number of hydrogen-bond acceptors (Lipinski definition) is 7. The molecular weight excluding hydrogens is 465 g/mol. The van der Waals surface area contributed by atoms with Crippen molar-refractivity contribution in [2.24, 2.45) is 7.05 Å². The van der Waals surface area contributed by atoms with Crippen LogP contribution in [0.1, 0.15) is 34.9 Å². The molecule has 3 aromatic heterocycles. The van der Waals surface area contributed by atoms with E-state index >= 15 is 0 Å². The molecule has 0 radical (unpaired) electrons. The van der Waals surface area contributed by atoms with E-state index in [1.54, 1.807) is 28.9 Å². The van der Waals surface area contributed by atoms with Gasteiger partial charge in [0.1, 0.15) is 29.1 Å². The molecule has 1 amide bonds. The van der Waals surface area contributed by atoms with Crippen LogP contribution in [0.15, 0.2) is 36.7 Å². The second-order valence-electron chi connectivity index (χ2n) is 8.60. The maximum atomic E-state index is 13.6. The molecule has 5 heterocycles. The lowest BCUT2D eigenvalue weighted by molar-refractivity contribution is -0.274. The molecule has 35 heavy (non-hydrogen) atoms. The zero-order valence-corrected chi connectivity index (χ0v) is 18.4. The molecule has 0 unspecified atom stereocenters. The number of nitrogens with two attached hydrogens (primary N) is 1. The maximum absolute atomic E-state index is 13.6. The number of amides is 1. The van der Waals surface area contributed by atoms with Crippen LogP contribution in [0.5, 0.6) is 11.5 Å². The molecule has 1 fully saturated rings. The third-order valence-electron chi connectivity index (χ3n) is 6.46. The maximum Gasteiger partial charge on any atom is 0.573 e. The van der Waals surface area contributed by atoms with Crippen LogP contribution in [0.2, 0.25) is 0 Å². The summed E-state index contributed by atoms with van der Waals surface area (Å²) in [6.45, 7) is 0.463. The van der Waals surface area contributed by atoms with E-state index in [4.69, 9.17) is 10.5 Å². The van der Waals surface area contributed by atoms with E-state index < -0.39 is 12.4 Å². The second kappa shape index (κ2) is 7.45. The molecule has 0 saturated carbocycles. The summed E-state index contributed by atoms with van der Waals surface area (Å²) in [6.07, 6.45) is -0.686. The minimum Gasteiger partial charge on any atom is -0.487 e. The predicted molar refractivity (Wildman–Crippen MR) is 119 cm³/mol. The molecule has 0 aliphatic carbocycles. The van der Waals surface area contributed by atoms with Crippen LogP contribution >= 0.6 is 0 Å². The van der Waals surface area contributed by atoms with Gasteiger partial charge in [-0.15, -0.1) is 13.2 Å². The smallest absolute Gasteiger partial charge is 0.487 e. The van der Waals surface area contributed by atoms with Gasteiger partial charge in [-0.25, -0.2) is 9.97 Å². The lowest BCUT2D eigenvalue weighted by Gasteiger charge is -2.36. The van der Waals surface area contributed by atoms with Crippen LogP contribution in [0.4, 0.5) is 19.0 Å². The number of nitrogen functional groups attached to an aromatic ring is 1. The lowest BCUT2D eigenvalue weighted by atomic mass is 9.94. The number of aromatic nitrogens is 4. The highest BCUT2D eigenvalue weighted by Gasteiger charge is 2.44. The number of halogens is 3. The number of pyridine rings is 2. The van der Waals surface area contributed by atoms with E-state index in [1.165, 1.54) is 24.4 Å². The molecule has 0 spiro atoms. The summed E-state index contributed by atoms with van der Waals surface area (Å²) in [4.78, 5) is 24.0. The summed E-state index contributed by atoms with van der Waals surface area (Å²) < 4.78 is 49.5. The van der Waals surface area contributed by atoms with Gasteiger partial charge in [-0.05, 0) is 31.0 Å². The first-order chi connectivity index (χ1) is 16.7. The van der Waals surface area contributed by atoms with Gasteiger partial charge in [0.2, 0.25) is 0 Å². The summed E-state index contributed by atoms with van der Waals surface area (Å²) in [5.41, 5.74) is 8.19. The zero-order valence-electron chi connectivity index (χ0n) is 18.4. The minimum absolute atomic E-state index is 0.220. The van der Waals surface area contributed by atoms with E-state index in [-0.39, 0.29) is 29.2 Å². The van der Waals surface area contributed by atoms with Crippen LogP contribution in [0.3, 0.4) is 0 Å². The Morgan fingerprint density at radius 1 is 1.23 bits per heavy atom. The first kappa shape index (κ1) is 21.4. The third kappa shape index (κ3) is 3.47. The molecular formula is C23H19F3N6O3. The van der Waals surface area contributed by atoms with Crippen molar-refractivity contribution in [3.8, 4) is 11.5 Å². The van der Waals surface area contributed by atoms with Crippen molar-refractivity contribution in [3.63, 3.8) is 0 Å². The zero-order chi connectivity index (χ0) is 24.5. The largest absolute Gasteiger partial charge is 0.573 e. The Hall–Kier alpha value is -4.09. The number of piperidine rings is 1. The Morgan fingerprint density at radius 2 is 2.06 bits per heavy atom. The number of hydrogen-bond donors (Lipinski definition) is 1. The fourth-order valence-corrected chi connectivity index (χ4v) is 5.03. The van der Waals surface area contributed by atoms with Crippen LogP contribution in [0, 0.1) is 0 Å². The first-order valence-electron chi connectivity index (χ1n) is 10.9. The number of fused-ring (bicyclic) bond motifs is 6. The Labute approximate surface area is 196 Å². The van der Waals surface area contributed by atoms with Crippen molar-refractivity contribution in [1.82, 2.24) is 24.6 Å². The molecule has 1 saturated heterocycles. The highest BCUT2D eigenvalue weighted by Crippen LogP contribution is 2.46. The summed E-state index contributed by atoms with van der Waals surface area (Å²) >= 11 is 0. The molecule has 180 valence electrons. The summed E-state index contributed by atoms with van der Waals surface area (Å²) in [6, 6.07) is 5.21. The van der Waals surface area contributed by atoms with Gasteiger partial charge in [0, 0.05) is 30.6 Å². The van der Waals surface area contributed by atoms with Crippen molar-refractivity contribution >= 4 is 33.5 Å². The van der Waals surface area contributed by atoms with Gasteiger partial charge in [-0.1, -0.05) is 0 Å². The van der Waals surface area contributed by atoms with E-state index in [0.29, 0.717) is 47.1 Å². The molecule has 4 aromatic rings. The van der Waals surface area contributed by atoms with E-state index in [0.717, 1.165) is 5.52 Å². The standard InChI is InChI=1S/C23H19F3N6O3/c1-31-19-13-8-15(28-10-16(13)30-21(27)14(19)9-29-31)22(33)32-6-2-3-17-20(32)12-5-4-11(7-18(12)34-17)35-23(24,25)26/h4-5,7-10,17,20H,2-3,6H2,1H3,(H2,27,30)/t17-,20-/m0/s1. The number of ether oxygens (including phenoxy) is 2. The monoisotopic (exact) mass is 484 g/mol. The number of anilines is 1. The summed E-state index contributed by atoms with van der Waals surface area (Å²) in [5, 5.41) is 5.62. The Kier molecular flexibility index (Phi) is 4.57.